The van der Waals surface area contributed by atoms with Crippen LogP contribution in [0.1, 0.15) is 5.56 Å². The van der Waals surface area contributed by atoms with Crippen LogP contribution in [0.25, 0.3) is 28.2 Å². The molecule has 0 aliphatic heterocycles. The van der Waals surface area contributed by atoms with E-state index in [1.165, 1.54) is 0 Å². The molecule has 4 nitrogen and oxygen atoms in total. The van der Waals surface area contributed by atoms with Gasteiger partial charge in [0.05, 0.1) is 17.6 Å². The van der Waals surface area contributed by atoms with Gasteiger partial charge in [-0.25, -0.2) is 9.50 Å². The monoisotopic (exact) mass is 320 g/mol. The highest BCUT2D eigenvalue weighted by Gasteiger charge is 2.13. The maximum atomic E-state index is 6.17. The number of pyridine rings is 1. The van der Waals surface area contributed by atoms with E-state index in [0.717, 1.165) is 33.7 Å². The lowest BCUT2D eigenvalue weighted by molar-refractivity contribution is 0.941. The zero-order valence-electron chi connectivity index (χ0n) is 12.4. The third-order valence-electron chi connectivity index (χ3n) is 3.80. The van der Waals surface area contributed by atoms with Crippen LogP contribution in [0.4, 0.5) is 0 Å². The molecule has 4 aromatic rings. The lowest BCUT2D eigenvalue weighted by Crippen LogP contribution is -1.95. The quantitative estimate of drug-likeness (QED) is 0.549. The average molecular weight is 321 g/mol. The fourth-order valence-electron chi connectivity index (χ4n) is 2.64. The normalized spacial score (nSPS) is 11.0. The predicted molar refractivity (Wildman–Crippen MR) is 91.4 cm³/mol. The van der Waals surface area contributed by atoms with Crippen molar-refractivity contribution in [2.75, 3.05) is 0 Å². The summed E-state index contributed by atoms with van der Waals surface area (Å²) in [5, 5.41) is 4.88. The van der Waals surface area contributed by atoms with E-state index in [-0.39, 0.29) is 0 Å². The van der Waals surface area contributed by atoms with Crippen molar-refractivity contribution in [3.8, 4) is 22.5 Å². The standard InChI is InChI=1S/C18H13ClN4/c1-12-4-5-13(19)11-15(12)18-14(3-2-8-20-18)16-7-10-23-17(22-16)6-9-21-23/h2-11H,1H3. The molecule has 0 fully saturated rings. The second-order valence-electron chi connectivity index (χ2n) is 5.31. The van der Waals surface area contributed by atoms with Gasteiger partial charge in [-0.3, -0.25) is 4.98 Å². The molecule has 0 atom stereocenters. The van der Waals surface area contributed by atoms with Gasteiger partial charge in [0, 0.05) is 34.6 Å². The van der Waals surface area contributed by atoms with E-state index in [4.69, 9.17) is 11.6 Å². The predicted octanol–water partition coefficient (Wildman–Crippen LogP) is 4.42. The van der Waals surface area contributed by atoms with Crippen LogP contribution in [-0.4, -0.2) is 19.6 Å². The van der Waals surface area contributed by atoms with Crippen LogP contribution in [0.15, 0.2) is 61.1 Å². The van der Waals surface area contributed by atoms with Crippen LogP contribution in [0.3, 0.4) is 0 Å². The molecule has 0 spiro atoms. The Balaban J connectivity index is 1.94. The summed E-state index contributed by atoms with van der Waals surface area (Å²) < 4.78 is 1.74. The van der Waals surface area contributed by atoms with Gasteiger partial charge in [0.15, 0.2) is 5.65 Å². The van der Waals surface area contributed by atoms with Crippen molar-refractivity contribution in [2.24, 2.45) is 0 Å². The van der Waals surface area contributed by atoms with Crippen molar-refractivity contribution >= 4 is 17.2 Å². The molecular weight excluding hydrogens is 308 g/mol. The van der Waals surface area contributed by atoms with E-state index < -0.39 is 0 Å². The van der Waals surface area contributed by atoms with Crippen LogP contribution in [-0.2, 0) is 0 Å². The molecule has 0 saturated carbocycles. The summed E-state index contributed by atoms with van der Waals surface area (Å²) in [6.07, 6.45) is 5.42. The topological polar surface area (TPSA) is 43.1 Å². The maximum Gasteiger partial charge on any atom is 0.155 e. The summed E-state index contributed by atoms with van der Waals surface area (Å²) in [5.74, 6) is 0. The Morgan fingerprint density at radius 3 is 2.83 bits per heavy atom. The van der Waals surface area contributed by atoms with Gasteiger partial charge >= 0.3 is 0 Å². The highest BCUT2D eigenvalue weighted by molar-refractivity contribution is 6.30. The second kappa shape index (κ2) is 5.48. The Hall–Kier alpha value is -2.72. The molecule has 0 unspecified atom stereocenters. The highest BCUT2D eigenvalue weighted by atomic mass is 35.5. The van der Waals surface area contributed by atoms with Gasteiger partial charge in [-0.1, -0.05) is 17.7 Å². The fourth-order valence-corrected chi connectivity index (χ4v) is 2.81. The van der Waals surface area contributed by atoms with E-state index in [1.54, 1.807) is 16.9 Å². The van der Waals surface area contributed by atoms with Crippen LogP contribution in [0, 0.1) is 6.92 Å². The molecule has 0 amide bonds. The van der Waals surface area contributed by atoms with Gasteiger partial charge in [0.2, 0.25) is 0 Å². The van der Waals surface area contributed by atoms with E-state index >= 15 is 0 Å². The minimum Gasteiger partial charge on any atom is -0.256 e. The highest BCUT2D eigenvalue weighted by Crippen LogP contribution is 2.32. The van der Waals surface area contributed by atoms with Gasteiger partial charge < -0.3 is 0 Å². The Bertz CT molecular complexity index is 1010. The largest absolute Gasteiger partial charge is 0.256 e. The lowest BCUT2D eigenvalue weighted by Gasteiger charge is -2.11. The SMILES string of the molecule is Cc1ccc(Cl)cc1-c1ncccc1-c1ccn2nccc2n1. The Labute approximate surface area is 138 Å². The second-order valence-corrected chi connectivity index (χ2v) is 5.74. The minimum absolute atomic E-state index is 0.696. The molecular formula is C18H13ClN4. The van der Waals surface area contributed by atoms with Crippen molar-refractivity contribution in [3.63, 3.8) is 0 Å². The Morgan fingerprint density at radius 1 is 1.00 bits per heavy atom. The zero-order chi connectivity index (χ0) is 15.8. The minimum atomic E-state index is 0.696. The molecule has 5 heteroatoms. The van der Waals surface area contributed by atoms with Gasteiger partial charge in [-0.2, -0.15) is 5.10 Å². The Kier molecular flexibility index (Phi) is 3.32. The molecule has 1 aromatic carbocycles. The number of halogens is 1. The summed E-state index contributed by atoms with van der Waals surface area (Å²) in [4.78, 5) is 9.25. The summed E-state index contributed by atoms with van der Waals surface area (Å²) in [5.41, 5.74) is 5.66. The molecule has 4 rings (SSSR count). The number of fused-ring (bicyclic) bond motifs is 1. The van der Waals surface area contributed by atoms with Crippen molar-refractivity contribution in [3.05, 3.63) is 71.6 Å². The van der Waals surface area contributed by atoms with E-state index in [0.29, 0.717) is 5.02 Å². The van der Waals surface area contributed by atoms with E-state index in [2.05, 4.69) is 22.0 Å². The van der Waals surface area contributed by atoms with Crippen molar-refractivity contribution in [1.29, 1.82) is 0 Å². The average Bonchev–Trinajstić information content (AvgIpc) is 3.05. The van der Waals surface area contributed by atoms with E-state index in [9.17, 15) is 0 Å². The van der Waals surface area contributed by atoms with E-state index in [1.807, 2.05) is 48.7 Å². The molecule has 0 aliphatic rings. The smallest absolute Gasteiger partial charge is 0.155 e. The lowest BCUT2D eigenvalue weighted by atomic mass is 9.99. The molecule has 112 valence electrons. The third-order valence-corrected chi connectivity index (χ3v) is 4.03. The number of nitrogens with zero attached hydrogens (tertiary/aromatic N) is 4. The van der Waals surface area contributed by atoms with Gasteiger partial charge in [-0.05, 0) is 42.8 Å². The molecule has 0 aliphatic carbocycles. The first-order valence-electron chi connectivity index (χ1n) is 7.25. The van der Waals surface area contributed by atoms with Crippen molar-refractivity contribution in [1.82, 2.24) is 19.6 Å². The molecule has 23 heavy (non-hydrogen) atoms. The third kappa shape index (κ3) is 2.47. The number of aryl methyl sites for hydroxylation is 1. The molecule has 0 saturated heterocycles. The number of aromatic nitrogens is 4. The van der Waals surface area contributed by atoms with Crippen LogP contribution in [0.2, 0.25) is 5.02 Å². The van der Waals surface area contributed by atoms with Crippen LogP contribution >= 0.6 is 11.6 Å². The first-order valence-corrected chi connectivity index (χ1v) is 7.62. The first kappa shape index (κ1) is 13.9. The van der Waals surface area contributed by atoms with Gasteiger partial charge in [-0.15, -0.1) is 0 Å². The van der Waals surface area contributed by atoms with Gasteiger partial charge in [0.25, 0.3) is 0 Å². The summed E-state index contributed by atoms with van der Waals surface area (Å²) in [6, 6.07) is 13.6. The maximum absolute atomic E-state index is 6.17. The molecule has 0 bridgehead atoms. The number of hydrogen-bond acceptors (Lipinski definition) is 3. The summed E-state index contributed by atoms with van der Waals surface area (Å²) in [6.45, 7) is 2.05. The van der Waals surface area contributed by atoms with Crippen molar-refractivity contribution < 1.29 is 0 Å². The molecule has 3 heterocycles. The summed E-state index contributed by atoms with van der Waals surface area (Å²) in [7, 11) is 0. The van der Waals surface area contributed by atoms with Crippen LogP contribution < -0.4 is 0 Å². The molecule has 0 radical (unpaired) electrons. The first-order chi connectivity index (χ1) is 11.2. The fraction of sp³-hybridized carbons (Fsp3) is 0.0556. The summed E-state index contributed by atoms with van der Waals surface area (Å²) >= 11 is 6.17. The molecule has 3 aromatic heterocycles. The molecule has 0 N–H and O–H groups in total. The Morgan fingerprint density at radius 2 is 1.91 bits per heavy atom. The zero-order valence-corrected chi connectivity index (χ0v) is 13.2. The van der Waals surface area contributed by atoms with Crippen molar-refractivity contribution in [2.45, 2.75) is 6.92 Å². The van der Waals surface area contributed by atoms with Crippen LogP contribution in [0.5, 0.6) is 0 Å². The number of benzene rings is 1. The number of rotatable bonds is 2. The number of hydrogen-bond donors (Lipinski definition) is 0. The van der Waals surface area contributed by atoms with Gasteiger partial charge in [0.1, 0.15) is 0 Å².